The van der Waals surface area contributed by atoms with Gasteiger partial charge in [-0.15, -0.1) is 0 Å². The van der Waals surface area contributed by atoms with E-state index in [1.807, 2.05) is 6.92 Å². The molecule has 0 radical (unpaired) electrons. The second kappa shape index (κ2) is 9.58. The van der Waals surface area contributed by atoms with Crippen LogP contribution < -0.4 is 5.32 Å². The number of hydrogen-bond acceptors (Lipinski definition) is 5. The number of benzene rings is 2. The fraction of sp³-hybridized carbons (Fsp3) is 0.211. The van der Waals surface area contributed by atoms with Crippen molar-refractivity contribution in [3.63, 3.8) is 0 Å². The second-order valence-electron chi connectivity index (χ2n) is 5.32. The average Bonchev–Trinajstić information content (AvgIpc) is 2.65. The molecule has 2 aromatic carbocycles. The highest BCUT2D eigenvalue weighted by atomic mass is 35.5. The lowest BCUT2D eigenvalue weighted by atomic mass is 10.2. The molecule has 26 heavy (non-hydrogen) atoms. The third kappa shape index (κ3) is 5.60. The van der Waals surface area contributed by atoms with Crippen molar-refractivity contribution in [1.29, 1.82) is 0 Å². The van der Waals surface area contributed by atoms with Gasteiger partial charge in [0.1, 0.15) is 0 Å². The highest BCUT2D eigenvalue weighted by molar-refractivity contribution is 6.33. The van der Waals surface area contributed by atoms with E-state index in [9.17, 15) is 14.4 Å². The van der Waals surface area contributed by atoms with Crippen LogP contribution in [0.25, 0.3) is 0 Å². The first-order chi connectivity index (χ1) is 12.5. The van der Waals surface area contributed by atoms with Crippen molar-refractivity contribution < 1.29 is 23.9 Å². The van der Waals surface area contributed by atoms with Gasteiger partial charge in [0.15, 0.2) is 6.61 Å². The van der Waals surface area contributed by atoms with Crippen LogP contribution in [0.3, 0.4) is 0 Å². The van der Waals surface area contributed by atoms with Crippen LogP contribution in [0.2, 0.25) is 5.02 Å². The van der Waals surface area contributed by atoms with Crippen LogP contribution >= 0.6 is 11.6 Å². The molecular formula is C19H18ClNO5. The third-order valence-corrected chi connectivity index (χ3v) is 3.60. The third-order valence-electron chi connectivity index (χ3n) is 3.27. The summed E-state index contributed by atoms with van der Waals surface area (Å²) < 4.78 is 9.96. The standard InChI is InChI=1S/C19H18ClNO5/c1-2-11-25-18(23)13-7-9-14(10-8-13)21-17(22)12-26-19(24)15-5-3-4-6-16(15)20/h3-10H,2,11-12H2,1H3,(H,21,22). The summed E-state index contributed by atoms with van der Waals surface area (Å²) in [7, 11) is 0. The molecule has 0 atom stereocenters. The van der Waals surface area contributed by atoms with E-state index in [4.69, 9.17) is 21.1 Å². The number of ether oxygens (including phenoxy) is 2. The summed E-state index contributed by atoms with van der Waals surface area (Å²) in [5.41, 5.74) is 1.05. The van der Waals surface area contributed by atoms with Crippen molar-refractivity contribution >= 4 is 35.1 Å². The Morgan fingerprint density at radius 3 is 2.31 bits per heavy atom. The number of rotatable bonds is 7. The predicted octanol–water partition coefficient (Wildman–Crippen LogP) is 3.70. The molecule has 0 saturated carbocycles. The maximum atomic E-state index is 11.9. The summed E-state index contributed by atoms with van der Waals surface area (Å²) in [6.07, 6.45) is 0.743. The Morgan fingerprint density at radius 2 is 1.65 bits per heavy atom. The number of amides is 1. The fourth-order valence-corrected chi connectivity index (χ4v) is 2.21. The van der Waals surface area contributed by atoms with Crippen molar-refractivity contribution in [3.8, 4) is 0 Å². The molecule has 0 aliphatic carbocycles. The van der Waals surface area contributed by atoms with E-state index in [-0.39, 0.29) is 10.6 Å². The minimum Gasteiger partial charge on any atom is -0.462 e. The summed E-state index contributed by atoms with van der Waals surface area (Å²) in [4.78, 5) is 35.5. The van der Waals surface area contributed by atoms with Crippen LogP contribution in [0.5, 0.6) is 0 Å². The van der Waals surface area contributed by atoms with Gasteiger partial charge in [-0.25, -0.2) is 9.59 Å². The maximum absolute atomic E-state index is 11.9. The number of esters is 2. The van der Waals surface area contributed by atoms with Crippen molar-refractivity contribution in [2.24, 2.45) is 0 Å². The zero-order valence-corrected chi connectivity index (χ0v) is 14.9. The quantitative estimate of drug-likeness (QED) is 0.746. The van der Waals surface area contributed by atoms with E-state index in [0.717, 1.165) is 6.42 Å². The Labute approximate surface area is 156 Å². The molecule has 0 aliphatic heterocycles. The van der Waals surface area contributed by atoms with E-state index in [2.05, 4.69) is 5.32 Å². The number of carbonyl (C=O) groups excluding carboxylic acids is 3. The lowest BCUT2D eigenvalue weighted by Gasteiger charge is -2.08. The molecule has 0 unspecified atom stereocenters. The van der Waals surface area contributed by atoms with Gasteiger partial charge in [0.2, 0.25) is 0 Å². The van der Waals surface area contributed by atoms with Crippen LogP contribution in [0.4, 0.5) is 5.69 Å². The normalized spacial score (nSPS) is 10.1. The molecule has 0 bridgehead atoms. The van der Waals surface area contributed by atoms with Gasteiger partial charge in [0.25, 0.3) is 5.91 Å². The summed E-state index contributed by atoms with van der Waals surface area (Å²) in [6, 6.07) is 12.6. The Bertz CT molecular complexity index is 789. The molecule has 1 N–H and O–H groups in total. The lowest BCUT2D eigenvalue weighted by Crippen LogP contribution is -2.21. The number of halogens is 1. The molecule has 6 nitrogen and oxygen atoms in total. The number of hydrogen-bond donors (Lipinski definition) is 1. The van der Waals surface area contributed by atoms with Gasteiger partial charge < -0.3 is 14.8 Å². The largest absolute Gasteiger partial charge is 0.462 e. The summed E-state index contributed by atoms with van der Waals surface area (Å²) in [5, 5.41) is 2.82. The second-order valence-corrected chi connectivity index (χ2v) is 5.72. The fourth-order valence-electron chi connectivity index (χ4n) is 2.00. The van der Waals surface area contributed by atoms with Gasteiger partial charge in [0, 0.05) is 5.69 Å². The average molecular weight is 376 g/mol. The Kier molecular flexibility index (Phi) is 7.17. The van der Waals surface area contributed by atoms with Crippen molar-refractivity contribution in [3.05, 3.63) is 64.7 Å². The lowest BCUT2D eigenvalue weighted by molar-refractivity contribution is -0.119. The van der Waals surface area contributed by atoms with Crippen molar-refractivity contribution in [2.45, 2.75) is 13.3 Å². The van der Waals surface area contributed by atoms with E-state index in [1.54, 1.807) is 42.5 Å². The topological polar surface area (TPSA) is 81.7 Å². The van der Waals surface area contributed by atoms with Crippen LogP contribution in [0.1, 0.15) is 34.1 Å². The molecule has 1 amide bonds. The van der Waals surface area contributed by atoms with Crippen LogP contribution in [-0.2, 0) is 14.3 Å². The molecule has 0 spiro atoms. The minimum absolute atomic E-state index is 0.192. The van der Waals surface area contributed by atoms with E-state index in [0.29, 0.717) is 17.9 Å². The molecule has 136 valence electrons. The SMILES string of the molecule is CCCOC(=O)c1ccc(NC(=O)COC(=O)c2ccccc2Cl)cc1. The van der Waals surface area contributed by atoms with Gasteiger partial charge in [-0.1, -0.05) is 30.7 Å². The van der Waals surface area contributed by atoms with E-state index >= 15 is 0 Å². The smallest absolute Gasteiger partial charge is 0.340 e. The van der Waals surface area contributed by atoms with Gasteiger partial charge in [0.05, 0.1) is 22.8 Å². The van der Waals surface area contributed by atoms with E-state index < -0.39 is 24.5 Å². The Morgan fingerprint density at radius 1 is 0.962 bits per heavy atom. The monoisotopic (exact) mass is 375 g/mol. The summed E-state index contributed by atoms with van der Waals surface area (Å²) >= 11 is 5.90. The number of anilines is 1. The van der Waals surface area contributed by atoms with Crippen molar-refractivity contribution in [2.75, 3.05) is 18.5 Å². The first-order valence-corrected chi connectivity index (χ1v) is 8.37. The van der Waals surface area contributed by atoms with Gasteiger partial charge in [-0.2, -0.15) is 0 Å². The van der Waals surface area contributed by atoms with Crippen LogP contribution in [0.15, 0.2) is 48.5 Å². The molecule has 0 aliphatic rings. The van der Waals surface area contributed by atoms with Gasteiger partial charge in [-0.05, 0) is 42.8 Å². The first kappa shape index (κ1) is 19.5. The van der Waals surface area contributed by atoms with Crippen LogP contribution in [-0.4, -0.2) is 31.1 Å². The molecule has 0 saturated heterocycles. The summed E-state index contributed by atoms with van der Waals surface area (Å²) in [6.45, 7) is 1.81. The number of carbonyl (C=O) groups is 3. The Hall–Kier alpha value is -2.86. The van der Waals surface area contributed by atoms with Crippen molar-refractivity contribution in [1.82, 2.24) is 0 Å². The van der Waals surface area contributed by atoms with Crippen LogP contribution in [0, 0.1) is 0 Å². The molecule has 0 heterocycles. The predicted molar refractivity (Wildman–Crippen MR) is 97.4 cm³/mol. The molecular weight excluding hydrogens is 358 g/mol. The van der Waals surface area contributed by atoms with Gasteiger partial charge >= 0.3 is 11.9 Å². The van der Waals surface area contributed by atoms with E-state index in [1.165, 1.54) is 6.07 Å². The van der Waals surface area contributed by atoms with Gasteiger partial charge in [-0.3, -0.25) is 4.79 Å². The molecule has 7 heteroatoms. The maximum Gasteiger partial charge on any atom is 0.340 e. The highest BCUT2D eigenvalue weighted by Crippen LogP contribution is 2.16. The minimum atomic E-state index is -0.681. The Balaban J connectivity index is 1.85. The molecule has 0 aromatic heterocycles. The highest BCUT2D eigenvalue weighted by Gasteiger charge is 2.13. The summed E-state index contributed by atoms with van der Waals surface area (Å²) in [5.74, 6) is -1.61. The zero-order valence-electron chi connectivity index (χ0n) is 14.2. The number of nitrogens with one attached hydrogen (secondary N) is 1. The zero-order chi connectivity index (χ0) is 18.9. The molecule has 2 rings (SSSR count). The first-order valence-electron chi connectivity index (χ1n) is 8.00. The molecule has 0 fully saturated rings. The molecule has 2 aromatic rings.